The van der Waals surface area contributed by atoms with Crippen molar-refractivity contribution < 1.29 is 13.6 Å². The zero-order valence-corrected chi connectivity index (χ0v) is 13.5. The van der Waals surface area contributed by atoms with E-state index in [1.807, 2.05) is 0 Å². The molecule has 0 unspecified atom stereocenters. The number of carbonyl (C=O) groups is 1. The molecule has 1 amide bonds. The number of alkyl halides is 2. The summed E-state index contributed by atoms with van der Waals surface area (Å²) < 4.78 is 28.3. The zero-order chi connectivity index (χ0) is 17.6. The van der Waals surface area contributed by atoms with Gasteiger partial charge >= 0.3 is 0 Å². The van der Waals surface area contributed by atoms with Gasteiger partial charge in [-0.25, -0.2) is 18.7 Å². The third-order valence-corrected chi connectivity index (χ3v) is 4.62. The van der Waals surface area contributed by atoms with Gasteiger partial charge in [0.2, 0.25) is 0 Å². The molecule has 4 rings (SSSR count). The topological polar surface area (TPSA) is 75.1 Å². The number of nitrogens with one attached hydrogen (secondary N) is 2. The highest BCUT2D eigenvalue weighted by atomic mass is 19.3. The van der Waals surface area contributed by atoms with Crippen LogP contribution in [0.5, 0.6) is 0 Å². The summed E-state index contributed by atoms with van der Waals surface area (Å²) in [7, 11) is 0. The number of fused-ring (bicyclic) bond motifs is 1. The Morgan fingerprint density at radius 3 is 2.92 bits per heavy atom. The maximum atomic E-state index is 13.3. The SMILES string of the molecule is C[C@H]1C[C@H](c2nc(C(F)F)c(NC(=O)c3ccn4cccnc34)[nH]2)C1. The highest BCUT2D eigenvalue weighted by Gasteiger charge is 2.32. The summed E-state index contributed by atoms with van der Waals surface area (Å²) >= 11 is 0. The Labute approximate surface area is 142 Å². The van der Waals surface area contributed by atoms with E-state index in [0.29, 0.717) is 23.0 Å². The number of nitrogens with zero attached hydrogens (tertiary/aromatic N) is 3. The first-order chi connectivity index (χ1) is 12.0. The number of hydrogen-bond acceptors (Lipinski definition) is 3. The van der Waals surface area contributed by atoms with Crippen LogP contribution in [0.25, 0.3) is 5.65 Å². The first-order valence-corrected chi connectivity index (χ1v) is 8.14. The van der Waals surface area contributed by atoms with Gasteiger partial charge in [0.25, 0.3) is 12.3 Å². The molecule has 8 heteroatoms. The standard InChI is InChI=1S/C17H17F2N5O/c1-9-7-10(8-9)14-21-12(13(18)19)15(22-14)23-17(25)11-3-6-24-5-2-4-20-16(11)24/h2-6,9-10,13H,7-8H2,1H3,(H,21,22)(H,23,25)/t9-,10-. The van der Waals surface area contributed by atoms with E-state index in [-0.39, 0.29) is 11.7 Å². The molecular formula is C17H17F2N5O. The van der Waals surface area contributed by atoms with E-state index in [1.54, 1.807) is 35.1 Å². The maximum absolute atomic E-state index is 13.3. The Hall–Kier alpha value is -2.77. The molecular weight excluding hydrogens is 328 g/mol. The summed E-state index contributed by atoms with van der Waals surface area (Å²) in [4.78, 5) is 23.6. The summed E-state index contributed by atoms with van der Waals surface area (Å²) in [6, 6.07) is 3.34. The minimum atomic E-state index is -2.76. The van der Waals surface area contributed by atoms with Crippen molar-refractivity contribution in [1.82, 2.24) is 19.4 Å². The number of carbonyl (C=O) groups excluding carboxylic acids is 1. The van der Waals surface area contributed by atoms with Gasteiger partial charge in [-0.2, -0.15) is 0 Å². The van der Waals surface area contributed by atoms with Gasteiger partial charge < -0.3 is 14.7 Å². The zero-order valence-electron chi connectivity index (χ0n) is 13.5. The van der Waals surface area contributed by atoms with Gasteiger partial charge in [-0.15, -0.1) is 0 Å². The van der Waals surface area contributed by atoms with Crippen LogP contribution in [0.4, 0.5) is 14.6 Å². The molecule has 0 aliphatic heterocycles. The lowest BCUT2D eigenvalue weighted by Gasteiger charge is -2.30. The third-order valence-electron chi connectivity index (χ3n) is 4.62. The second-order valence-corrected chi connectivity index (χ2v) is 6.49. The Balaban J connectivity index is 1.62. The smallest absolute Gasteiger partial charge is 0.284 e. The molecule has 3 heterocycles. The Bertz CT molecular complexity index is 926. The molecule has 3 aromatic rings. The number of imidazole rings is 1. The number of H-pyrrole nitrogens is 1. The first-order valence-electron chi connectivity index (χ1n) is 8.14. The van der Waals surface area contributed by atoms with Crippen molar-refractivity contribution in [3.63, 3.8) is 0 Å². The predicted molar refractivity (Wildman–Crippen MR) is 87.8 cm³/mol. The van der Waals surface area contributed by atoms with Crippen LogP contribution in [0.1, 0.15) is 54.0 Å². The van der Waals surface area contributed by atoms with Crippen molar-refractivity contribution in [1.29, 1.82) is 0 Å². The number of anilines is 1. The van der Waals surface area contributed by atoms with Crippen molar-refractivity contribution in [2.45, 2.75) is 32.1 Å². The quantitative estimate of drug-likeness (QED) is 0.756. The van der Waals surface area contributed by atoms with Crippen LogP contribution in [0.15, 0.2) is 30.7 Å². The highest BCUT2D eigenvalue weighted by molar-refractivity contribution is 6.08. The first kappa shape index (κ1) is 15.7. The summed E-state index contributed by atoms with van der Waals surface area (Å²) in [6.45, 7) is 2.11. The molecule has 1 aliphatic rings. The van der Waals surface area contributed by atoms with Gasteiger partial charge in [-0.1, -0.05) is 6.92 Å². The molecule has 0 atom stereocenters. The lowest BCUT2D eigenvalue weighted by Crippen LogP contribution is -2.20. The molecule has 25 heavy (non-hydrogen) atoms. The van der Waals surface area contributed by atoms with Gasteiger partial charge in [-0.3, -0.25) is 4.79 Å². The van der Waals surface area contributed by atoms with E-state index in [2.05, 4.69) is 27.2 Å². The minimum absolute atomic E-state index is 0.0372. The van der Waals surface area contributed by atoms with Crippen molar-refractivity contribution in [2.24, 2.45) is 5.92 Å². The van der Waals surface area contributed by atoms with Crippen LogP contribution in [0, 0.1) is 5.92 Å². The van der Waals surface area contributed by atoms with E-state index in [0.717, 1.165) is 12.8 Å². The minimum Gasteiger partial charge on any atom is -0.328 e. The molecule has 3 aromatic heterocycles. The Kier molecular flexibility index (Phi) is 3.74. The predicted octanol–water partition coefficient (Wildman–Crippen LogP) is 3.76. The Morgan fingerprint density at radius 2 is 2.20 bits per heavy atom. The van der Waals surface area contributed by atoms with E-state index in [4.69, 9.17) is 0 Å². The van der Waals surface area contributed by atoms with Crippen LogP contribution in [-0.4, -0.2) is 25.3 Å². The lowest BCUT2D eigenvalue weighted by molar-refractivity contribution is 0.102. The molecule has 1 saturated carbocycles. The molecule has 130 valence electrons. The molecule has 1 aliphatic carbocycles. The fourth-order valence-electron chi connectivity index (χ4n) is 3.28. The molecule has 1 fully saturated rings. The number of aromatic amines is 1. The molecule has 0 bridgehead atoms. The fraction of sp³-hybridized carbons (Fsp3) is 0.353. The molecule has 2 N–H and O–H groups in total. The molecule has 0 spiro atoms. The van der Waals surface area contributed by atoms with Crippen molar-refractivity contribution in [3.8, 4) is 0 Å². The van der Waals surface area contributed by atoms with Gasteiger partial charge in [0.15, 0.2) is 0 Å². The lowest BCUT2D eigenvalue weighted by atomic mass is 9.76. The van der Waals surface area contributed by atoms with Gasteiger partial charge in [0, 0.05) is 24.5 Å². The van der Waals surface area contributed by atoms with Crippen molar-refractivity contribution in [3.05, 3.63) is 47.8 Å². The number of aromatic nitrogens is 4. The molecule has 0 radical (unpaired) electrons. The fourth-order valence-corrected chi connectivity index (χ4v) is 3.28. The number of halogens is 2. The average molecular weight is 345 g/mol. The van der Waals surface area contributed by atoms with Crippen molar-refractivity contribution >= 4 is 17.4 Å². The monoisotopic (exact) mass is 345 g/mol. The Morgan fingerprint density at radius 1 is 1.40 bits per heavy atom. The van der Waals surface area contributed by atoms with Crippen LogP contribution >= 0.6 is 0 Å². The summed E-state index contributed by atoms with van der Waals surface area (Å²) in [5, 5.41) is 2.53. The second kappa shape index (κ2) is 5.94. The van der Waals surface area contributed by atoms with Crippen LogP contribution in [0.3, 0.4) is 0 Å². The van der Waals surface area contributed by atoms with Gasteiger partial charge in [-0.05, 0) is 30.9 Å². The van der Waals surface area contributed by atoms with Crippen molar-refractivity contribution in [2.75, 3.05) is 5.32 Å². The van der Waals surface area contributed by atoms with E-state index in [9.17, 15) is 13.6 Å². The number of amides is 1. The van der Waals surface area contributed by atoms with Gasteiger partial charge in [0.1, 0.15) is 23.0 Å². The number of hydrogen-bond donors (Lipinski definition) is 2. The van der Waals surface area contributed by atoms with E-state index in [1.165, 1.54) is 0 Å². The van der Waals surface area contributed by atoms with E-state index < -0.39 is 18.0 Å². The van der Waals surface area contributed by atoms with Gasteiger partial charge in [0.05, 0.1) is 5.56 Å². The molecule has 0 saturated heterocycles. The second-order valence-electron chi connectivity index (χ2n) is 6.49. The number of rotatable bonds is 4. The van der Waals surface area contributed by atoms with Crippen LogP contribution in [-0.2, 0) is 0 Å². The average Bonchev–Trinajstić information content (AvgIpc) is 3.15. The molecule has 6 nitrogen and oxygen atoms in total. The normalized spacial score (nSPS) is 20.0. The largest absolute Gasteiger partial charge is 0.328 e. The summed E-state index contributed by atoms with van der Waals surface area (Å²) in [6.07, 6.45) is 4.09. The van der Waals surface area contributed by atoms with Crippen LogP contribution < -0.4 is 5.32 Å². The summed E-state index contributed by atoms with van der Waals surface area (Å²) in [5.74, 6) is 0.700. The summed E-state index contributed by atoms with van der Waals surface area (Å²) in [5.41, 5.74) is 0.361. The molecule has 0 aromatic carbocycles. The highest BCUT2D eigenvalue weighted by Crippen LogP contribution is 2.41. The van der Waals surface area contributed by atoms with Crippen LogP contribution in [0.2, 0.25) is 0 Å². The third kappa shape index (κ3) is 2.77. The van der Waals surface area contributed by atoms with E-state index >= 15 is 0 Å². The maximum Gasteiger partial charge on any atom is 0.284 e.